The average molecular weight is 407 g/mol. The number of quaternary nitrogens is 1. The third kappa shape index (κ3) is 10.5. The van der Waals surface area contributed by atoms with Crippen LogP contribution >= 0.6 is 28.0 Å². The molecule has 0 bridgehead atoms. The highest BCUT2D eigenvalue weighted by Crippen LogP contribution is 2.47. The zero-order valence-electron chi connectivity index (χ0n) is 15.6. The Balaban J connectivity index is 4.70. The Morgan fingerprint density at radius 2 is 1.21 bits per heavy atom. The van der Waals surface area contributed by atoms with E-state index in [1.54, 1.807) is 0 Å². The lowest BCUT2D eigenvalue weighted by molar-refractivity contribution is -0.747. The van der Waals surface area contributed by atoms with Gasteiger partial charge in [-0.25, -0.2) is 0 Å². The van der Waals surface area contributed by atoms with Crippen molar-refractivity contribution < 1.29 is 31.1 Å². The highest BCUT2D eigenvalue weighted by Gasteiger charge is 2.25. The van der Waals surface area contributed by atoms with Gasteiger partial charge in [-0.05, 0) is 0 Å². The Labute approximate surface area is 152 Å². The summed E-state index contributed by atoms with van der Waals surface area (Å²) in [6, 6.07) is 0. The van der Waals surface area contributed by atoms with Gasteiger partial charge < -0.3 is 23.0 Å². The molecule has 0 heterocycles. The number of hydrogen-bond acceptors (Lipinski definition) is 8. The van der Waals surface area contributed by atoms with E-state index in [1.807, 2.05) is 14.1 Å². The van der Waals surface area contributed by atoms with Crippen molar-refractivity contribution in [2.75, 3.05) is 81.0 Å². The molecular weight excluding hydrogens is 374 g/mol. The van der Waals surface area contributed by atoms with Crippen molar-refractivity contribution in [2.24, 2.45) is 0 Å². The molecule has 0 aliphatic carbocycles. The Bertz CT molecular complexity index is 401. The van der Waals surface area contributed by atoms with E-state index in [0.717, 1.165) is 19.5 Å². The van der Waals surface area contributed by atoms with Crippen molar-refractivity contribution in [1.82, 2.24) is 4.90 Å². The summed E-state index contributed by atoms with van der Waals surface area (Å²) in [5.41, 5.74) is 0. The lowest BCUT2D eigenvalue weighted by Gasteiger charge is -2.27. The minimum absolute atomic E-state index is 0.267. The van der Waals surface area contributed by atoms with E-state index >= 15 is 0 Å². The topological polar surface area (TPSA) is 74.3 Å². The summed E-state index contributed by atoms with van der Waals surface area (Å²) in [5.74, 6) is 0. The van der Waals surface area contributed by atoms with Crippen LogP contribution in [0.25, 0.3) is 0 Å². The number of nitrogens with zero attached hydrogens (tertiary/aromatic N) is 2. The molecule has 24 heavy (non-hydrogen) atoms. The third-order valence-electron chi connectivity index (χ3n) is 3.67. The highest BCUT2D eigenvalue weighted by atomic mass is 32.1. The van der Waals surface area contributed by atoms with Crippen LogP contribution in [-0.2, 0) is 27.2 Å². The van der Waals surface area contributed by atoms with Gasteiger partial charge in [-0.15, -0.1) is 0 Å². The van der Waals surface area contributed by atoms with Gasteiger partial charge in [0.25, 0.3) is 0 Å². The van der Waals surface area contributed by atoms with E-state index in [2.05, 4.69) is 17.7 Å². The zero-order valence-corrected chi connectivity index (χ0v) is 18.3. The fraction of sp³-hybridized carbons (Fsp3) is 1.00. The maximum absolute atomic E-state index is 12.2. The van der Waals surface area contributed by atoms with Crippen molar-refractivity contribution in [2.45, 2.75) is 6.42 Å². The van der Waals surface area contributed by atoms with Gasteiger partial charge >= 0.3 is 15.2 Å². The fourth-order valence-electron chi connectivity index (χ4n) is 2.06. The van der Waals surface area contributed by atoms with Crippen LogP contribution in [0, 0.1) is 0 Å². The van der Waals surface area contributed by atoms with Gasteiger partial charge in [0.1, 0.15) is 0 Å². The Kier molecular flexibility index (Phi) is 11.6. The molecule has 0 fully saturated rings. The smallest absolute Gasteiger partial charge is 0.312 e. The Morgan fingerprint density at radius 1 is 0.833 bits per heavy atom. The molecule has 0 saturated heterocycles. The molecular formula is C13H33N2O6P2S+. The van der Waals surface area contributed by atoms with E-state index in [9.17, 15) is 9.13 Å². The molecule has 0 amide bonds. The summed E-state index contributed by atoms with van der Waals surface area (Å²) in [4.78, 5) is 2.07. The van der Waals surface area contributed by atoms with Crippen LogP contribution in [0.3, 0.4) is 0 Å². The van der Waals surface area contributed by atoms with Gasteiger partial charge in [0, 0.05) is 54.5 Å². The predicted molar refractivity (Wildman–Crippen MR) is 100 cm³/mol. The van der Waals surface area contributed by atoms with E-state index < -0.39 is 15.2 Å². The zero-order chi connectivity index (χ0) is 18.9. The maximum Gasteiger partial charge on any atom is 0.331 e. The molecule has 0 aromatic heterocycles. The van der Waals surface area contributed by atoms with Gasteiger partial charge in [0.15, 0.2) is 0 Å². The van der Waals surface area contributed by atoms with E-state index in [1.165, 1.54) is 28.4 Å². The fourth-order valence-corrected chi connectivity index (χ4v) is 4.28. The highest BCUT2D eigenvalue weighted by molar-refractivity contribution is 7.74. The number of hydrogen-bond donors (Lipinski definition) is 1. The Hall–Kier alpha value is 0.570. The first-order valence-corrected chi connectivity index (χ1v) is 11.6. The van der Waals surface area contributed by atoms with E-state index in [0.29, 0.717) is 17.0 Å². The van der Waals surface area contributed by atoms with Crippen molar-refractivity contribution in [1.29, 1.82) is 0 Å². The first-order chi connectivity index (χ1) is 11.0. The van der Waals surface area contributed by atoms with Crippen LogP contribution in [0.4, 0.5) is 0 Å². The lowest BCUT2D eigenvalue weighted by Crippen LogP contribution is -2.35. The molecule has 146 valence electrons. The standard InChI is InChI=1S/C13H33N2O6P2S/c1-15(2,24)11-7-8-14(9-12-22(16,18-3)19-4)10-13-23(17,20-5)21-6/h24H,7-13H2,1-6H3/q+1. The minimum Gasteiger partial charge on any atom is -0.312 e. The molecule has 0 aromatic carbocycles. The molecule has 0 unspecified atom stereocenters. The maximum atomic E-state index is 12.2. The molecule has 0 radical (unpaired) electrons. The second kappa shape index (κ2) is 11.3. The molecule has 0 spiro atoms. The first kappa shape index (κ1) is 24.6. The van der Waals surface area contributed by atoms with Crippen molar-refractivity contribution >= 4 is 28.0 Å². The van der Waals surface area contributed by atoms with Crippen molar-refractivity contribution in [3.8, 4) is 0 Å². The molecule has 0 aliphatic rings. The molecule has 11 heteroatoms. The summed E-state index contributed by atoms with van der Waals surface area (Å²) in [6.07, 6.45) is 1.43. The summed E-state index contributed by atoms with van der Waals surface area (Å²) >= 11 is 4.46. The minimum atomic E-state index is -3.07. The molecule has 0 atom stereocenters. The number of thiol groups is 1. The van der Waals surface area contributed by atoms with Crippen LogP contribution in [0.5, 0.6) is 0 Å². The summed E-state index contributed by atoms with van der Waals surface area (Å²) in [6.45, 7) is 2.64. The van der Waals surface area contributed by atoms with Gasteiger partial charge in [-0.3, -0.25) is 13.0 Å². The predicted octanol–water partition coefficient (Wildman–Crippen LogP) is 2.57. The van der Waals surface area contributed by atoms with Crippen molar-refractivity contribution in [3.63, 3.8) is 0 Å². The third-order valence-corrected chi connectivity index (χ3v) is 7.59. The molecule has 0 aromatic rings. The number of rotatable bonds is 14. The normalized spacial score (nSPS) is 13.7. The monoisotopic (exact) mass is 407 g/mol. The van der Waals surface area contributed by atoms with Crippen LogP contribution in [0.2, 0.25) is 0 Å². The van der Waals surface area contributed by atoms with Gasteiger partial charge in [-0.1, -0.05) is 0 Å². The van der Waals surface area contributed by atoms with Gasteiger partial charge in [0.2, 0.25) is 0 Å². The van der Waals surface area contributed by atoms with Crippen LogP contribution < -0.4 is 0 Å². The van der Waals surface area contributed by atoms with Gasteiger partial charge in [-0.2, -0.15) is 0 Å². The van der Waals surface area contributed by atoms with E-state index in [-0.39, 0.29) is 12.3 Å². The van der Waals surface area contributed by atoms with Gasteiger partial charge in [0.05, 0.1) is 45.8 Å². The van der Waals surface area contributed by atoms with E-state index in [4.69, 9.17) is 18.1 Å². The Morgan fingerprint density at radius 3 is 1.50 bits per heavy atom. The second-order valence-corrected chi connectivity index (χ2v) is 11.8. The van der Waals surface area contributed by atoms with Crippen molar-refractivity contribution in [3.05, 3.63) is 0 Å². The lowest BCUT2D eigenvalue weighted by atomic mass is 10.3. The van der Waals surface area contributed by atoms with Crippen LogP contribution in [0.1, 0.15) is 6.42 Å². The largest absolute Gasteiger partial charge is 0.331 e. The molecule has 0 saturated carbocycles. The first-order valence-electron chi connectivity index (χ1n) is 7.72. The summed E-state index contributed by atoms with van der Waals surface area (Å²) < 4.78 is 44.9. The second-order valence-electron chi connectivity index (χ2n) is 5.94. The molecule has 0 aliphatic heterocycles. The molecule has 0 rings (SSSR count). The molecule has 0 N–H and O–H groups in total. The summed E-state index contributed by atoms with van der Waals surface area (Å²) in [7, 11) is 3.36. The average Bonchev–Trinajstić information content (AvgIpc) is 2.55. The summed E-state index contributed by atoms with van der Waals surface area (Å²) in [5, 5.41) is 0. The van der Waals surface area contributed by atoms with Crippen LogP contribution in [-0.4, -0.2) is 89.8 Å². The van der Waals surface area contributed by atoms with Crippen LogP contribution in [0.15, 0.2) is 0 Å². The quantitative estimate of drug-likeness (QED) is 0.270. The molecule has 8 nitrogen and oxygen atoms in total. The SMILES string of the molecule is COP(=O)(CCN(CCC[N+](C)(C)S)CCP(=O)(OC)OC)OC.